The summed E-state index contributed by atoms with van der Waals surface area (Å²) < 4.78 is 15.5. The van der Waals surface area contributed by atoms with Crippen LogP contribution in [0.1, 0.15) is 34.3 Å². The fourth-order valence-electron chi connectivity index (χ4n) is 4.17. The zero-order valence-corrected chi connectivity index (χ0v) is 19.6. The lowest BCUT2D eigenvalue weighted by Gasteiger charge is -2.16. The second-order valence-corrected chi connectivity index (χ2v) is 9.46. The second-order valence-electron chi connectivity index (χ2n) is 8.52. The van der Waals surface area contributed by atoms with E-state index < -0.39 is 5.82 Å². The molecule has 0 spiro atoms. The van der Waals surface area contributed by atoms with E-state index in [1.165, 1.54) is 34.0 Å². The van der Waals surface area contributed by atoms with E-state index in [9.17, 15) is 14.0 Å². The minimum Gasteiger partial charge on any atom is -0.339 e. The first-order chi connectivity index (χ1) is 16.5. The summed E-state index contributed by atoms with van der Waals surface area (Å²) in [5, 5.41) is 0.844. The number of amides is 1. The standard InChI is InChI=1S/C27H24FN3O2S/c1-18-7-9-19(10-8-18)17-34-27-29-24-15-20(25(32)30-13-2-3-14-30)11-12-23(24)26(33)31(27)22-6-4-5-21(28)16-22/h4-12,15-16H,2-3,13-14,17H2,1H3. The Morgan fingerprint density at radius 2 is 1.79 bits per heavy atom. The Morgan fingerprint density at radius 3 is 2.53 bits per heavy atom. The molecule has 0 bridgehead atoms. The zero-order chi connectivity index (χ0) is 23.7. The monoisotopic (exact) mass is 473 g/mol. The number of carbonyl (C=O) groups excluding carboxylic acids is 1. The van der Waals surface area contributed by atoms with Gasteiger partial charge in [-0.1, -0.05) is 47.7 Å². The summed E-state index contributed by atoms with van der Waals surface area (Å²) in [5.74, 6) is 0.134. The van der Waals surface area contributed by atoms with Gasteiger partial charge in [-0.15, -0.1) is 0 Å². The Labute approximate surface area is 201 Å². The Morgan fingerprint density at radius 1 is 1.03 bits per heavy atom. The molecule has 5 rings (SSSR count). The van der Waals surface area contributed by atoms with E-state index in [0.717, 1.165) is 31.5 Å². The summed E-state index contributed by atoms with van der Waals surface area (Å²) in [5.41, 5.74) is 3.39. The Balaban J connectivity index is 1.60. The molecule has 0 saturated carbocycles. The van der Waals surface area contributed by atoms with Crippen molar-refractivity contribution in [3.8, 4) is 5.69 Å². The molecule has 0 unspecified atom stereocenters. The SMILES string of the molecule is Cc1ccc(CSc2nc3cc(C(=O)N4CCCC4)ccc3c(=O)n2-c2cccc(F)c2)cc1. The number of fused-ring (bicyclic) bond motifs is 1. The van der Waals surface area contributed by atoms with E-state index in [0.29, 0.717) is 33.1 Å². The second kappa shape index (κ2) is 9.43. The predicted molar refractivity (Wildman–Crippen MR) is 133 cm³/mol. The van der Waals surface area contributed by atoms with Crippen molar-refractivity contribution in [3.63, 3.8) is 0 Å². The van der Waals surface area contributed by atoms with Gasteiger partial charge in [0.25, 0.3) is 11.5 Å². The highest BCUT2D eigenvalue weighted by Crippen LogP contribution is 2.26. The highest BCUT2D eigenvalue weighted by atomic mass is 32.2. The smallest absolute Gasteiger partial charge is 0.266 e. The third-order valence-electron chi connectivity index (χ3n) is 6.03. The molecule has 1 fully saturated rings. The van der Waals surface area contributed by atoms with E-state index >= 15 is 0 Å². The number of benzene rings is 3. The number of aryl methyl sites for hydroxylation is 1. The zero-order valence-electron chi connectivity index (χ0n) is 18.8. The van der Waals surface area contributed by atoms with Crippen LogP contribution in [0, 0.1) is 12.7 Å². The molecule has 1 aliphatic heterocycles. The lowest BCUT2D eigenvalue weighted by Crippen LogP contribution is -2.28. The van der Waals surface area contributed by atoms with Crippen LogP contribution in [0.25, 0.3) is 16.6 Å². The molecule has 0 radical (unpaired) electrons. The minimum atomic E-state index is -0.425. The fraction of sp³-hybridized carbons (Fsp3) is 0.222. The number of likely N-dealkylation sites (tertiary alicyclic amines) is 1. The molecule has 0 aliphatic carbocycles. The van der Waals surface area contributed by atoms with Gasteiger partial charge in [0.2, 0.25) is 0 Å². The molecule has 1 saturated heterocycles. The minimum absolute atomic E-state index is 0.0376. The molecule has 5 nitrogen and oxygen atoms in total. The van der Waals surface area contributed by atoms with Gasteiger partial charge < -0.3 is 4.90 Å². The lowest BCUT2D eigenvalue weighted by molar-refractivity contribution is 0.0793. The molecule has 4 aromatic rings. The number of aromatic nitrogens is 2. The van der Waals surface area contributed by atoms with Gasteiger partial charge in [-0.05, 0) is 61.7 Å². The highest BCUT2D eigenvalue weighted by molar-refractivity contribution is 7.98. The highest BCUT2D eigenvalue weighted by Gasteiger charge is 2.21. The van der Waals surface area contributed by atoms with Crippen LogP contribution >= 0.6 is 11.8 Å². The van der Waals surface area contributed by atoms with Gasteiger partial charge in [0.15, 0.2) is 5.16 Å². The Kier molecular flexibility index (Phi) is 6.20. The van der Waals surface area contributed by atoms with Crippen molar-refractivity contribution < 1.29 is 9.18 Å². The maximum absolute atomic E-state index is 14.0. The Hall–Kier alpha value is -3.45. The topological polar surface area (TPSA) is 55.2 Å². The molecule has 7 heteroatoms. The molecular formula is C27H24FN3O2S. The number of halogens is 1. The molecule has 0 N–H and O–H groups in total. The van der Waals surface area contributed by atoms with Crippen molar-refractivity contribution in [1.82, 2.24) is 14.5 Å². The van der Waals surface area contributed by atoms with Gasteiger partial charge >= 0.3 is 0 Å². The van der Waals surface area contributed by atoms with Crippen LogP contribution in [0.5, 0.6) is 0 Å². The van der Waals surface area contributed by atoms with Crippen LogP contribution < -0.4 is 5.56 Å². The van der Waals surface area contributed by atoms with Crippen LogP contribution in [0.3, 0.4) is 0 Å². The summed E-state index contributed by atoms with van der Waals surface area (Å²) in [6, 6.07) is 19.1. The van der Waals surface area contributed by atoms with Crippen molar-refractivity contribution in [2.24, 2.45) is 0 Å². The average molecular weight is 474 g/mol. The summed E-state index contributed by atoms with van der Waals surface area (Å²) in [4.78, 5) is 33.1. The van der Waals surface area contributed by atoms with Crippen molar-refractivity contribution in [3.05, 3.63) is 99.6 Å². The molecule has 0 atom stereocenters. The summed E-state index contributed by atoms with van der Waals surface area (Å²) in [6.45, 7) is 3.54. The maximum Gasteiger partial charge on any atom is 0.266 e. The van der Waals surface area contributed by atoms with E-state index in [1.807, 2.05) is 36.1 Å². The summed E-state index contributed by atoms with van der Waals surface area (Å²) >= 11 is 1.41. The van der Waals surface area contributed by atoms with Gasteiger partial charge in [0.1, 0.15) is 5.82 Å². The van der Waals surface area contributed by atoms with Crippen LogP contribution in [-0.4, -0.2) is 33.4 Å². The normalized spacial score (nSPS) is 13.5. The quantitative estimate of drug-likeness (QED) is 0.289. The number of thioether (sulfide) groups is 1. The molecule has 172 valence electrons. The van der Waals surface area contributed by atoms with Crippen molar-refractivity contribution >= 4 is 28.6 Å². The van der Waals surface area contributed by atoms with Gasteiger partial charge in [0.05, 0.1) is 16.6 Å². The lowest BCUT2D eigenvalue weighted by atomic mass is 10.1. The maximum atomic E-state index is 14.0. The predicted octanol–water partition coefficient (Wildman–Crippen LogP) is 5.36. The third kappa shape index (κ3) is 4.48. The van der Waals surface area contributed by atoms with E-state index in [-0.39, 0.29) is 11.5 Å². The van der Waals surface area contributed by atoms with Crippen molar-refractivity contribution in [1.29, 1.82) is 0 Å². The van der Waals surface area contributed by atoms with Crippen LogP contribution in [0.2, 0.25) is 0 Å². The molecule has 3 aromatic carbocycles. The Bertz CT molecular complexity index is 1430. The van der Waals surface area contributed by atoms with Gasteiger partial charge in [-0.2, -0.15) is 0 Å². The van der Waals surface area contributed by atoms with Crippen LogP contribution in [0.4, 0.5) is 4.39 Å². The number of rotatable bonds is 5. The van der Waals surface area contributed by atoms with Gasteiger partial charge in [0, 0.05) is 24.4 Å². The van der Waals surface area contributed by atoms with Gasteiger partial charge in [-0.3, -0.25) is 14.2 Å². The molecule has 34 heavy (non-hydrogen) atoms. The molecule has 1 aliphatic rings. The molecular weight excluding hydrogens is 449 g/mol. The number of carbonyl (C=O) groups is 1. The van der Waals surface area contributed by atoms with E-state index in [1.54, 1.807) is 30.3 Å². The summed E-state index contributed by atoms with van der Waals surface area (Å²) in [6.07, 6.45) is 2.02. The molecule has 2 heterocycles. The average Bonchev–Trinajstić information content (AvgIpc) is 3.38. The van der Waals surface area contributed by atoms with E-state index in [2.05, 4.69) is 0 Å². The number of nitrogens with zero attached hydrogens (tertiary/aromatic N) is 3. The third-order valence-corrected chi connectivity index (χ3v) is 7.04. The molecule has 1 amide bonds. The van der Waals surface area contributed by atoms with Crippen LogP contribution in [-0.2, 0) is 5.75 Å². The fourth-order valence-corrected chi connectivity index (χ4v) is 5.14. The summed E-state index contributed by atoms with van der Waals surface area (Å²) in [7, 11) is 0. The first kappa shape index (κ1) is 22.3. The van der Waals surface area contributed by atoms with Gasteiger partial charge in [-0.25, -0.2) is 9.37 Å². The first-order valence-electron chi connectivity index (χ1n) is 11.3. The van der Waals surface area contributed by atoms with Crippen molar-refractivity contribution in [2.75, 3.05) is 13.1 Å². The first-order valence-corrected chi connectivity index (χ1v) is 12.3. The van der Waals surface area contributed by atoms with Crippen LogP contribution in [0.15, 0.2) is 76.7 Å². The number of hydrogen-bond acceptors (Lipinski definition) is 4. The van der Waals surface area contributed by atoms with E-state index in [4.69, 9.17) is 4.98 Å². The van der Waals surface area contributed by atoms with Crippen molar-refractivity contribution in [2.45, 2.75) is 30.7 Å². The molecule has 1 aromatic heterocycles. The largest absolute Gasteiger partial charge is 0.339 e. The number of hydrogen-bond donors (Lipinski definition) is 0.